The molecular weight excluding hydrogens is 286 g/mol. The molecule has 1 heterocycles. The van der Waals surface area contributed by atoms with E-state index in [-0.39, 0.29) is 11.9 Å². The number of aryl methyl sites for hydroxylation is 2. The van der Waals surface area contributed by atoms with E-state index < -0.39 is 0 Å². The summed E-state index contributed by atoms with van der Waals surface area (Å²) < 4.78 is 0. The molecule has 1 aromatic rings. The van der Waals surface area contributed by atoms with Crippen LogP contribution in [0.5, 0.6) is 0 Å². The Kier molecular flexibility index (Phi) is 4.03. The molecule has 0 bridgehead atoms. The van der Waals surface area contributed by atoms with Crippen molar-refractivity contribution in [3.63, 3.8) is 0 Å². The van der Waals surface area contributed by atoms with Gasteiger partial charge in [0, 0.05) is 16.2 Å². The van der Waals surface area contributed by atoms with E-state index in [0.29, 0.717) is 0 Å². The second-order valence-electron chi connectivity index (χ2n) is 4.26. The van der Waals surface area contributed by atoms with E-state index in [9.17, 15) is 4.79 Å². The third-order valence-electron chi connectivity index (χ3n) is 2.89. The van der Waals surface area contributed by atoms with Crippen LogP contribution >= 0.6 is 27.3 Å². The van der Waals surface area contributed by atoms with Crippen molar-refractivity contribution in [1.82, 2.24) is 5.32 Å². The van der Waals surface area contributed by atoms with Crippen LogP contribution in [-0.4, -0.2) is 17.3 Å². The molecular formula is C12H16BrNOS. The Balaban J connectivity index is 1.98. The van der Waals surface area contributed by atoms with Crippen LogP contribution in [0.2, 0.25) is 0 Å². The average molecular weight is 302 g/mol. The largest absolute Gasteiger partial charge is 0.349 e. The highest BCUT2D eigenvalue weighted by molar-refractivity contribution is 9.09. The van der Waals surface area contributed by atoms with Crippen molar-refractivity contribution in [1.29, 1.82) is 0 Å². The van der Waals surface area contributed by atoms with Crippen LogP contribution in [-0.2, 0) is 12.8 Å². The molecule has 1 amide bonds. The normalized spacial score (nSPS) is 15.9. The third-order valence-corrected chi connectivity index (χ3v) is 4.58. The molecule has 2 nitrogen and oxygen atoms in total. The average Bonchev–Trinajstić information content (AvgIpc) is 2.76. The number of fused-ring (bicyclic) bond motifs is 1. The molecule has 1 unspecified atom stereocenters. The van der Waals surface area contributed by atoms with Crippen molar-refractivity contribution >= 4 is 33.2 Å². The van der Waals surface area contributed by atoms with Gasteiger partial charge in [-0.15, -0.1) is 11.3 Å². The maximum atomic E-state index is 11.9. The summed E-state index contributed by atoms with van der Waals surface area (Å²) >= 11 is 5.05. The Morgan fingerprint density at radius 3 is 3.12 bits per heavy atom. The molecule has 16 heavy (non-hydrogen) atoms. The number of thiophene rings is 1. The minimum Gasteiger partial charge on any atom is -0.349 e. The molecule has 2 rings (SSSR count). The van der Waals surface area contributed by atoms with Crippen molar-refractivity contribution in [2.75, 3.05) is 5.33 Å². The van der Waals surface area contributed by atoms with Crippen LogP contribution in [0.3, 0.4) is 0 Å². The Labute approximate surface area is 109 Å². The summed E-state index contributed by atoms with van der Waals surface area (Å²) in [6.07, 6.45) is 4.53. The predicted octanol–water partition coefficient (Wildman–Crippen LogP) is 3.14. The zero-order valence-corrected chi connectivity index (χ0v) is 11.8. The Hall–Kier alpha value is -0.350. The number of amides is 1. The fourth-order valence-corrected chi connectivity index (χ4v) is 3.82. The van der Waals surface area contributed by atoms with Gasteiger partial charge in [0.2, 0.25) is 0 Å². The fraction of sp³-hybridized carbons (Fsp3) is 0.583. The van der Waals surface area contributed by atoms with Crippen LogP contribution < -0.4 is 5.32 Å². The number of rotatable bonds is 4. The van der Waals surface area contributed by atoms with Gasteiger partial charge >= 0.3 is 0 Å². The highest BCUT2D eigenvalue weighted by Gasteiger charge is 2.19. The van der Waals surface area contributed by atoms with Gasteiger partial charge in [-0.2, -0.15) is 0 Å². The number of hydrogen-bond donors (Lipinski definition) is 1. The van der Waals surface area contributed by atoms with Gasteiger partial charge in [0.1, 0.15) is 0 Å². The lowest BCUT2D eigenvalue weighted by molar-refractivity contribution is 0.0943. The van der Waals surface area contributed by atoms with Crippen molar-refractivity contribution in [3.05, 3.63) is 21.4 Å². The molecule has 0 saturated heterocycles. The van der Waals surface area contributed by atoms with E-state index >= 15 is 0 Å². The predicted molar refractivity (Wildman–Crippen MR) is 71.7 cm³/mol. The number of hydrogen-bond acceptors (Lipinski definition) is 2. The maximum absolute atomic E-state index is 11.9. The molecule has 0 spiro atoms. The van der Waals surface area contributed by atoms with Crippen molar-refractivity contribution < 1.29 is 4.79 Å². The van der Waals surface area contributed by atoms with Gasteiger partial charge in [-0.1, -0.05) is 15.9 Å². The van der Waals surface area contributed by atoms with Crippen molar-refractivity contribution in [3.8, 4) is 0 Å². The molecule has 1 aromatic heterocycles. The van der Waals surface area contributed by atoms with Crippen LogP contribution in [0.4, 0.5) is 0 Å². The summed E-state index contributed by atoms with van der Waals surface area (Å²) in [6.45, 7) is 2.04. The van der Waals surface area contributed by atoms with Gasteiger partial charge in [-0.05, 0) is 44.2 Å². The molecule has 4 heteroatoms. The Morgan fingerprint density at radius 2 is 2.44 bits per heavy atom. The van der Waals surface area contributed by atoms with E-state index in [2.05, 4.69) is 27.3 Å². The SMILES string of the molecule is CC(CCBr)NC(=O)c1cc2c(s1)CCC2. The monoisotopic (exact) mass is 301 g/mol. The zero-order valence-electron chi connectivity index (χ0n) is 9.38. The molecule has 0 fully saturated rings. The summed E-state index contributed by atoms with van der Waals surface area (Å²) in [5.74, 6) is 0.0906. The quantitative estimate of drug-likeness (QED) is 0.851. The first kappa shape index (κ1) is 12.1. The second-order valence-corrected chi connectivity index (χ2v) is 6.19. The lowest BCUT2D eigenvalue weighted by Gasteiger charge is -2.11. The van der Waals surface area contributed by atoms with Gasteiger partial charge in [0.15, 0.2) is 0 Å². The highest BCUT2D eigenvalue weighted by Crippen LogP contribution is 2.30. The van der Waals surface area contributed by atoms with Gasteiger partial charge in [-0.3, -0.25) is 4.79 Å². The zero-order chi connectivity index (χ0) is 11.5. The molecule has 88 valence electrons. The second kappa shape index (κ2) is 5.32. The van der Waals surface area contributed by atoms with Crippen LogP contribution in [0, 0.1) is 0 Å². The van der Waals surface area contributed by atoms with E-state index in [1.165, 1.54) is 16.9 Å². The summed E-state index contributed by atoms with van der Waals surface area (Å²) in [5, 5.41) is 3.95. The summed E-state index contributed by atoms with van der Waals surface area (Å²) in [4.78, 5) is 14.2. The van der Waals surface area contributed by atoms with Crippen LogP contribution in [0.1, 0.15) is 39.9 Å². The van der Waals surface area contributed by atoms with E-state index in [4.69, 9.17) is 0 Å². The molecule has 0 saturated carbocycles. The Morgan fingerprint density at radius 1 is 1.62 bits per heavy atom. The number of halogens is 1. The van der Waals surface area contributed by atoms with Crippen LogP contribution in [0.25, 0.3) is 0 Å². The molecule has 0 radical (unpaired) electrons. The molecule has 0 aromatic carbocycles. The minimum atomic E-state index is 0.0906. The highest BCUT2D eigenvalue weighted by atomic mass is 79.9. The first-order valence-corrected chi connectivity index (χ1v) is 7.63. The van der Waals surface area contributed by atoms with Crippen LogP contribution in [0.15, 0.2) is 6.07 Å². The van der Waals surface area contributed by atoms with Gasteiger partial charge < -0.3 is 5.32 Å². The molecule has 1 atom stereocenters. The van der Waals surface area contributed by atoms with Crippen molar-refractivity contribution in [2.24, 2.45) is 0 Å². The molecule has 1 aliphatic carbocycles. The van der Waals surface area contributed by atoms with Crippen molar-refractivity contribution in [2.45, 2.75) is 38.6 Å². The first-order valence-electron chi connectivity index (χ1n) is 5.69. The van der Waals surface area contributed by atoms with Gasteiger partial charge in [-0.25, -0.2) is 0 Å². The number of nitrogens with one attached hydrogen (secondary N) is 1. The summed E-state index contributed by atoms with van der Waals surface area (Å²) in [7, 11) is 0. The van der Waals surface area contributed by atoms with E-state index in [1.807, 2.05) is 6.92 Å². The molecule has 1 aliphatic rings. The first-order chi connectivity index (χ1) is 7.70. The number of carbonyl (C=O) groups is 1. The summed E-state index contributed by atoms with van der Waals surface area (Å²) in [5.41, 5.74) is 1.39. The third kappa shape index (κ3) is 2.66. The smallest absolute Gasteiger partial charge is 0.261 e. The number of alkyl halides is 1. The lowest BCUT2D eigenvalue weighted by Crippen LogP contribution is -2.32. The van der Waals surface area contributed by atoms with E-state index in [0.717, 1.165) is 29.5 Å². The topological polar surface area (TPSA) is 29.1 Å². The number of carbonyl (C=O) groups excluding carboxylic acids is 1. The van der Waals surface area contributed by atoms with Gasteiger partial charge in [0.25, 0.3) is 5.91 Å². The maximum Gasteiger partial charge on any atom is 0.261 e. The Bertz CT molecular complexity index is 367. The fourth-order valence-electron chi connectivity index (χ4n) is 1.97. The summed E-state index contributed by atoms with van der Waals surface area (Å²) in [6, 6.07) is 2.31. The van der Waals surface area contributed by atoms with E-state index in [1.54, 1.807) is 11.3 Å². The molecule has 1 N–H and O–H groups in total. The lowest BCUT2D eigenvalue weighted by atomic mass is 10.2. The minimum absolute atomic E-state index is 0.0906. The van der Waals surface area contributed by atoms with Gasteiger partial charge in [0.05, 0.1) is 4.88 Å². The molecule has 0 aliphatic heterocycles. The standard InChI is InChI=1S/C12H16BrNOS/c1-8(5-6-13)14-12(15)11-7-9-3-2-4-10(9)16-11/h7-8H,2-6H2,1H3,(H,14,15).